The first-order chi connectivity index (χ1) is 10.9. The molecular formula is C14H14N2O5S. The first-order valence-electron chi connectivity index (χ1n) is 6.94. The number of benzene rings is 1. The highest BCUT2D eigenvalue weighted by Gasteiger charge is 2.19. The Hall–Kier alpha value is -1.77. The highest BCUT2D eigenvalue weighted by Crippen LogP contribution is 2.36. The van der Waals surface area contributed by atoms with Crippen LogP contribution in [0.5, 0.6) is 11.5 Å². The van der Waals surface area contributed by atoms with Crippen LogP contribution in [0.1, 0.15) is 6.42 Å². The van der Waals surface area contributed by atoms with E-state index in [9.17, 15) is 0 Å². The maximum atomic E-state index is 5.68. The Labute approximate surface area is 130 Å². The highest BCUT2D eigenvalue weighted by molar-refractivity contribution is 7.99. The van der Waals surface area contributed by atoms with E-state index in [1.54, 1.807) is 0 Å². The van der Waals surface area contributed by atoms with Crippen LogP contribution in [0, 0.1) is 0 Å². The summed E-state index contributed by atoms with van der Waals surface area (Å²) in [6.07, 6.45) is 1.05. The lowest BCUT2D eigenvalue weighted by atomic mass is 10.2. The van der Waals surface area contributed by atoms with Gasteiger partial charge in [0, 0.05) is 11.3 Å². The summed E-state index contributed by atoms with van der Waals surface area (Å²) >= 11 is 1.49. The number of fused-ring (bicyclic) bond motifs is 1. The number of thioether (sulfide) groups is 1. The molecule has 2 aliphatic heterocycles. The first kappa shape index (κ1) is 13.9. The zero-order chi connectivity index (χ0) is 14.8. The van der Waals surface area contributed by atoms with E-state index in [-0.39, 0.29) is 12.9 Å². The molecule has 0 saturated carbocycles. The van der Waals surface area contributed by atoms with Crippen molar-refractivity contribution in [2.45, 2.75) is 17.7 Å². The van der Waals surface area contributed by atoms with Crippen LogP contribution in [0.25, 0.3) is 11.5 Å². The lowest BCUT2D eigenvalue weighted by molar-refractivity contribution is -0.130. The van der Waals surface area contributed by atoms with Crippen molar-refractivity contribution in [3.05, 3.63) is 18.2 Å². The summed E-state index contributed by atoms with van der Waals surface area (Å²) in [4.78, 5) is 0. The van der Waals surface area contributed by atoms with Crippen LogP contribution in [0.3, 0.4) is 0 Å². The van der Waals surface area contributed by atoms with Crippen molar-refractivity contribution in [2.24, 2.45) is 0 Å². The third-order valence-electron chi connectivity index (χ3n) is 3.39. The van der Waals surface area contributed by atoms with E-state index in [1.807, 2.05) is 18.2 Å². The molecule has 1 fully saturated rings. The van der Waals surface area contributed by atoms with Crippen LogP contribution >= 0.6 is 11.8 Å². The number of rotatable bonds is 4. The first-order valence-corrected chi connectivity index (χ1v) is 7.93. The molecule has 116 valence electrons. The number of hydrogen-bond donors (Lipinski definition) is 0. The van der Waals surface area contributed by atoms with Crippen LogP contribution in [-0.4, -0.2) is 42.2 Å². The quantitative estimate of drug-likeness (QED) is 0.794. The summed E-state index contributed by atoms with van der Waals surface area (Å²) in [5.74, 6) is 2.66. The van der Waals surface area contributed by atoms with E-state index in [1.165, 1.54) is 11.8 Å². The Morgan fingerprint density at radius 3 is 3.00 bits per heavy atom. The normalized spacial score (nSPS) is 20.3. The van der Waals surface area contributed by atoms with Crippen LogP contribution in [0.2, 0.25) is 0 Å². The monoisotopic (exact) mass is 322 g/mol. The van der Waals surface area contributed by atoms with Gasteiger partial charge in [0.25, 0.3) is 5.22 Å². The number of nitrogens with zero attached hydrogens (tertiary/aromatic N) is 2. The molecule has 1 saturated heterocycles. The van der Waals surface area contributed by atoms with E-state index < -0.39 is 0 Å². The van der Waals surface area contributed by atoms with Crippen LogP contribution in [0.4, 0.5) is 0 Å². The molecule has 3 heterocycles. The molecule has 1 atom stereocenters. The van der Waals surface area contributed by atoms with Gasteiger partial charge in [0.15, 0.2) is 11.5 Å². The average Bonchev–Trinajstić information content (AvgIpc) is 3.22. The molecule has 1 aromatic heterocycles. The third kappa shape index (κ3) is 2.90. The molecule has 8 heteroatoms. The molecule has 2 aromatic rings. The van der Waals surface area contributed by atoms with Crippen molar-refractivity contribution in [3.8, 4) is 23.0 Å². The molecule has 0 spiro atoms. The van der Waals surface area contributed by atoms with Crippen LogP contribution in [-0.2, 0) is 9.47 Å². The molecule has 0 radical (unpaired) electrons. The Kier molecular flexibility index (Phi) is 3.88. The zero-order valence-corrected chi connectivity index (χ0v) is 12.5. The summed E-state index contributed by atoms with van der Waals surface area (Å²) in [6, 6.07) is 5.55. The fourth-order valence-corrected chi connectivity index (χ4v) is 3.04. The van der Waals surface area contributed by atoms with E-state index in [2.05, 4.69) is 10.2 Å². The Morgan fingerprint density at radius 2 is 2.09 bits per heavy atom. The second kappa shape index (κ2) is 6.15. The van der Waals surface area contributed by atoms with Gasteiger partial charge in [-0.15, -0.1) is 10.2 Å². The molecule has 0 aliphatic carbocycles. The molecule has 0 bridgehead atoms. The predicted molar refractivity (Wildman–Crippen MR) is 76.9 cm³/mol. The van der Waals surface area contributed by atoms with Gasteiger partial charge in [-0.2, -0.15) is 0 Å². The van der Waals surface area contributed by atoms with Crippen LogP contribution < -0.4 is 9.47 Å². The van der Waals surface area contributed by atoms with Gasteiger partial charge in [-0.3, -0.25) is 0 Å². The second-order valence-electron chi connectivity index (χ2n) is 4.86. The van der Waals surface area contributed by atoms with Crippen LogP contribution in [0.15, 0.2) is 27.8 Å². The van der Waals surface area contributed by atoms with Crippen molar-refractivity contribution in [3.63, 3.8) is 0 Å². The highest BCUT2D eigenvalue weighted by atomic mass is 32.2. The minimum Gasteiger partial charge on any atom is -0.454 e. The largest absolute Gasteiger partial charge is 0.454 e. The average molecular weight is 322 g/mol. The van der Waals surface area contributed by atoms with Gasteiger partial charge in [0.2, 0.25) is 12.7 Å². The number of hydrogen-bond acceptors (Lipinski definition) is 8. The molecule has 4 rings (SSSR count). The zero-order valence-electron chi connectivity index (χ0n) is 11.7. The molecular weight excluding hydrogens is 308 g/mol. The smallest absolute Gasteiger partial charge is 0.276 e. The molecule has 22 heavy (non-hydrogen) atoms. The van der Waals surface area contributed by atoms with Gasteiger partial charge in [0.05, 0.1) is 12.7 Å². The third-order valence-corrected chi connectivity index (χ3v) is 4.34. The van der Waals surface area contributed by atoms with E-state index in [0.29, 0.717) is 23.7 Å². The number of aromatic nitrogens is 2. The molecule has 7 nitrogen and oxygen atoms in total. The number of ether oxygens (including phenoxy) is 4. The van der Waals surface area contributed by atoms with E-state index >= 15 is 0 Å². The fourth-order valence-electron chi connectivity index (χ4n) is 2.21. The summed E-state index contributed by atoms with van der Waals surface area (Å²) in [5.41, 5.74) is 0.811. The maximum absolute atomic E-state index is 5.68. The SMILES string of the molecule is c1cc2c(cc1-c1nnc(SC[C@@H]3CCOCO3)o1)OCO2. The summed E-state index contributed by atoms with van der Waals surface area (Å²) < 4.78 is 26.9. The van der Waals surface area contributed by atoms with Gasteiger partial charge in [-0.05, 0) is 24.6 Å². The van der Waals surface area contributed by atoms with Crippen molar-refractivity contribution in [2.75, 3.05) is 25.9 Å². The van der Waals surface area contributed by atoms with Crippen molar-refractivity contribution in [1.82, 2.24) is 10.2 Å². The van der Waals surface area contributed by atoms with Gasteiger partial charge < -0.3 is 23.4 Å². The lowest BCUT2D eigenvalue weighted by Gasteiger charge is -2.21. The molecule has 0 unspecified atom stereocenters. The van der Waals surface area contributed by atoms with Gasteiger partial charge in [-0.1, -0.05) is 11.8 Å². The minimum atomic E-state index is 0.166. The summed E-state index contributed by atoms with van der Waals surface area (Å²) in [5, 5.41) is 8.66. The Morgan fingerprint density at radius 1 is 1.14 bits per heavy atom. The van der Waals surface area contributed by atoms with E-state index in [4.69, 9.17) is 23.4 Å². The maximum Gasteiger partial charge on any atom is 0.276 e. The fraction of sp³-hybridized carbons (Fsp3) is 0.429. The molecule has 0 N–H and O–H groups in total. The molecule has 1 aromatic carbocycles. The van der Waals surface area contributed by atoms with Crippen molar-refractivity contribution >= 4 is 11.8 Å². The minimum absolute atomic E-state index is 0.166. The Bertz CT molecular complexity index is 656. The van der Waals surface area contributed by atoms with Crippen molar-refractivity contribution in [1.29, 1.82) is 0 Å². The Balaban J connectivity index is 1.42. The van der Waals surface area contributed by atoms with E-state index in [0.717, 1.165) is 30.1 Å². The second-order valence-corrected chi connectivity index (χ2v) is 5.83. The standard InChI is InChI=1S/C14H14N2O5S/c1-2-11-12(20-8-19-11)5-9(1)13-15-16-14(21-13)22-6-10-3-4-17-7-18-10/h1-2,5,10H,3-4,6-8H2/t10-/m0/s1. The predicted octanol–water partition coefficient (Wildman–Crippen LogP) is 2.32. The lowest BCUT2D eigenvalue weighted by Crippen LogP contribution is -2.25. The molecule has 2 aliphatic rings. The van der Waals surface area contributed by atoms with Gasteiger partial charge in [0.1, 0.15) is 6.79 Å². The summed E-state index contributed by atoms with van der Waals surface area (Å²) in [7, 11) is 0. The van der Waals surface area contributed by atoms with Gasteiger partial charge >= 0.3 is 0 Å². The van der Waals surface area contributed by atoms with Crippen molar-refractivity contribution < 1.29 is 23.4 Å². The summed E-state index contributed by atoms with van der Waals surface area (Å²) in [6.45, 7) is 1.34. The molecule has 0 amide bonds. The topological polar surface area (TPSA) is 75.8 Å². The van der Waals surface area contributed by atoms with Gasteiger partial charge in [-0.25, -0.2) is 0 Å².